The predicted octanol–water partition coefficient (Wildman–Crippen LogP) is 4.04. The number of rotatable bonds is 4. The lowest BCUT2D eigenvalue weighted by Gasteiger charge is -2.33. The molecule has 2 rings (SSSR count). The lowest BCUT2D eigenvalue weighted by Crippen LogP contribution is -2.46. The zero-order chi connectivity index (χ0) is 15.7. The molecule has 0 radical (unpaired) electrons. The minimum atomic E-state index is -0.187. The quantitative estimate of drug-likeness (QED) is 0.875. The smallest absolute Gasteiger partial charge is 0.224 e. The van der Waals surface area contributed by atoms with Gasteiger partial charge in [0, 0.05) is 17.3 Å². The molecule has 1 heterocycles. The summed E-state index contributed by atoms with van der Waals surface area (Å²) < 4.78 is 0. The Morgan fingerprint density at radius 1 is 1.14 bits per heavy atom. The molecule has 0 saturated carbocycles. The second kappa shape index (κ2) is 5.55. The Hall–Kier alpha value is -1.77. The second-order valence-electron chi connectivity index (χ2n) is 7.75. The number of fused-ring (bicyclic) bond motifs is 1. The van der Waals surface area contributed by atoms with Crippen LogP contribution in [0.4, 0.5) is 0 Å². The van der Waals surface area contributed by atoms with Crippen molar-refractivity contribution in [1.82, 2.24) is 10.3 Å². The molecule has 1 aromatic carbocycles. The summed E-state index contributed by atoms with van der Waals surface area (Å²) >= 11 is 0. The molecule has 3 nitrogen and oxygen atoms in total. The average molecular weight is 286 g/mol. The number of H-pyrrole nitrogens is 1. The van der Waals surface area contributed by atoms with E-state index in [2.05, 4.69) is 51.0 Å². The summed E-state index contributed by atoms with van der Waals surface area (Å²) in [5, 5.41) is 4.30. The molecule has 2 aromatic rings. The fraction of sp³-hybridized carbons (Fsp3) is 0.500. The van der Waals surface area contributed by atoms with Gasteiger partial charge in [-0.3, -0.25) is 4.79 Å². The molecule has 0 aliphatic rings. The number of amides is 1. The topological polar surface area (TPSA) is 44.9 Å². The first-order valence-corrected chi connectivity index (χ1v) is 7.52. The number of hydrogen-bond acceptors (Lipinski definition) is 1. The van der Waals surface area contributed by atoms with Gasteiger partial charge in [0.25, 0.3) is 0 Å². The van der Waals surface area contributed by atoms with Crippen molar-refractivity contribution in [1.29, 1.82) is 0 Å². The molecule has 1 amide bonds. The van der Waals surface area contributed by atoms with Crippen LogP contribution in [-0.4, -0.2) is 16.4 Å². The van der Waals surface area contributed by atoms with Crippen LogP contribution in [0.1, 0.15) is 46.6 Å². The standard InChI is InChI=1S/C18H26N2O/c1-17(2,3)12-18(4,5)20-16(21)11-13-6-7-15-14(10-13)8-9-19-15/h6-10,19H,11-12H2,1-5H3,(H,20,21). The maximum absolute atomic E-state index is 12.3. The molecule has 3 heteroatoms. The highest BCUT2D eigenvalue weighted by Gasteiger charge is 2.26. The van der Waals surface area contributed by atoms with Crippen molar-refractivity contribution in [3.05, 3.63) is 36.0 Å². The average Bonchev–Trinajstić information content (AvgIpc) is 2.71. The van der Waals surface area contributed by atoms with Gasteiger partial charge in [-0.25, -0.2) is 0 Å². The van der Waals surface area contributed by atoms with E-state index in [1.54, 1.807) is 0 Å². The number of benzene rings is 1. The third-order valence-electron chi connectivity index (χ3n) is 3.43. The molecule has 0 unspecified atom stereocenters. The van der Waals surface area contributed by atoms with E-state index in [-0.39, 0.29) is 16.9 Å². The molecule has 0 aliphatic heterocycles. The van der Waals surface area contributed by atoms with Crippen LogP contribution in [-0.2, 0) is 11.2 Å². The highest BCUT2D eigenvalue weighted by molar-refractivity contribution is 5.83. The molecule has 2 N–H and O–H groups in total. The third kappa shape index (κ3) is 4.62. The highest BCUT2D eigenvalue weighted by Crippen LogP contribution is 2.26. The van der Waals surface area contributed by atoms with Crippen molar-refractivity contribution in [3.63, 3.8) is 0 Å². The van der Waals surface area contributed by atoms with E-state index in [4.69, 9.17) is 0 Å². The minimum Gasteiger partial charge on any atom is -0.361 e. The number of aromatic amines is 1. The first kappa shape index (κ1) is 15.6. The van der Waals surface area contributed by atoms with Gasteiger partial charge in [-0.2, -0.15) is 0 Å². The van der Waals surface area contributed by atoms with Crippen molar-refractivity contribution in [2.75, 3.05) is 0 Å². The van der Waals surface area contributed by atoms with E-state index in [0.717, 1.165) is 22.9 Å². The van der Waals surface area contributed by atoms with Gasteiger partial charge in [-0.15, -0.1) is 0 Å². The maximum atomic E-state index is 12.3. The summed E-state index contributed by atoms with van der Waals surface area (Å²) in [6.07, 6.45) is 3.29. The highest BCUT2D eigenvalue weighted by atomic mass is 16.1. The number of carbonyl (C=O) groups is 1. The van der Waals surface area contributed by atoms with Crippen molar-refractivity contribution in [2.45, 2.75) is 53.0 Å². The molecule has 21 heavy (non-hydrogen) atoms. The van der Waals surface area contributed by atoms with E-state index in [1.165, 1.54) is 0 Å². The molecule has 114 valence electrons. The van der Waals surface area contributed by atoms with Crippen molar-refractivity contribution < 1.29 is 4.79 Å². The zero-order valence-electron chi connectivity index (χ0n) is 13.7. The molecule has 0 spiro atoms. The molecule has 0 bridgehead atoms. The Kier molecular flexibility index (Phi) is 4.13. The number of carbonyl (C=O) groups excluding carboxylic acids is 1. The summed E-state index contributed by atoms with van der Waals surface area (Å²) in [5.74, 6) is 0.0825. The van der Waals surface area contributed by atoms with Gasteiger partial charge < -0.3 is 10.3 Å². The van der Waals surface area contributed by atoms with E-state index in [9.17, 15) is 4.79 Å². The molecule has 0 aliphatic carbocycles. The van der Waals surface area contributed by atoms with Crippen molar-refractivity contribution in [2.24, 2.45) is 5.41 Å². The summed E-state index contributed by atoms with van der Waals surface area (Å²) in [4.78, 5) is 15.4. The van der Waals surface area contributed by atoms with Crippen LogP contribution in [0, 0.1) is 5.41 Å². The van der Waals surface area contributed by atoms with Gasteiger partial charge in [-0.05, 0) is 54.8 Å². The monoisotopic (exact) mass is 286 g/mol. The van der Waals surface area contributed by atoms with Gasteiger partial charge in [0.2, 0.25) is 5.91 Å². The molecular weight excluding hydrogens is 260 g/mol. The van der Waals surface area contributed by atoms with Gasteiger partial charge in [-0.1, -0.05) is 26.8 Å². The van der Waals surface area contributed by atoms with Crippen molar-refractivity contribution >= 4 is 16.8 Å². The van der Waals surface area contributed by atoms with Gasteiger partial charge in [0.1, 0.15) is 0 Å². The summed E-state index contributed by atoms with van der Waals surface area (Å²) in [5.41, 5.74) is 2.16. The van der Waals surface area contributed by atoms with Gasteiger partial charge in [0.15, 0.2) is 0 Å². The van der Waals surface area contributed by atoms with Gasteiger partial charge in [0.05, 0.1) is 6.42 Å². The van der Waals surface area contributed by atoms with E-state index in [1.807, 2.05) is 24.4 Å². The largest absolute Gasteiger partial charge is 0.361 e. The first-order chi connectivity index (χ1) is 9.65. The van der Waals surface area contributed by atoms with Gasteiger partial charge >= 0.3 is 0 Å². The lowest BCUT2D eigenvalue weighted by atomic mass is 9.81. The Labute approximate surface area is 127 Å². The Bertz CT molecular complexity index is 632. The Morgan fingerprint density at radius 2 is 1.86 bits per heavy atom. The Morgan fingerprint density at radius 3 is 2.52 bits per heavy atom. The SMILES string of the molecule is CC(C)(C)CC(C)(C)NC(=O)Cc1ccc2[nH]ccc2c1. The van der Waals surface area contributed by atoms with Crippen LogP contribution < -0.4 is 5.32 Å². The van der Waals surface area contributed by atoms with E-state index in [0.29, 0.717) is 6.42 Å². The van der Waals surface area contributed by atoms with E-state index < -0.39 is 0 Å². The minimum absolute atomic E-state index is 0.0825. The molecule has 1 aromatic heterocycles. The van der Waals surface area contributed by atoms with Crippen LogP contribution in [0.25, 0.3) is 10.9 Å². The summed E-state index contributed by atoms with van der Waals surface area (Å²) in [6, 6.07) is 8.13. The summed E-state index contributed by atoms with van der Waals surface area (Å²) in [6.45, 7) is 10.8. The van der Waals surface area contributed by atoms with Crippen LogP contribution in [0.3, 0.4) is 0 Å². The maximum Gasteiger partial charge on any atom is 0.224 e. The lowest BCUT2D eigenvalue weighted by molar-refractivity contribution is -0.122. The molecular formula is C18H26N2O. The second-order valence-corrected chi connectivity index (χ2v) is 7.75. The fourth-order valence-electron chi connectivity index (χ4n) is 3.19. The summed E-state index contributed by atoms with van der Waals surface area (Å²) in [7, 11) is 0. The van der Waals surface area contributed by atoms with Crippen LogP contribution in [0.5, 0.6) is 0 Å². The fourth-order valence-corrected chi connectivity index (χ4v) is 3.19. The van der Waals surface area contributed by atoms with Crippen LogP contribution in [0.15, 0.2) is 30.5 Å². The normalized spacial score (nSPS) is 12.6. The van der Waals surface area contributed by atoms with Crippen LogP contribution in [0.2, 0.25) is 0 Å². The molecule has 0 atom stereocenters. The first-order valence-electron chi connectivity index (χ1n) is 7.52. The van der Waals surface area contributed by atoms with E-state index >= 15 is 0 Å². The Balaban J connectivity index is 2.00. The number of nitrogens with one attached hydrogen (secondary N) is 2. The molecule has 0 saturated heterocycles. The van der Waals surface area contributed by atoms with Crippen molar-refractivity contribution in [3.8, 4) is 0 Å². The predicted molar refractivity (Wildman–Crippen MR) is 88.3 cm³/mol. The zero-order valence-corrected chi connectivity index (χ0v) is 13.7. The number of aromatic nitrogens is 1. The molecule has 0 fully saturated rings. The van der Waals surface area contributed by atoms with Crippen LogP contribution >= 0.6 is 0 Å². The third-order valence-corrected chi connectivity index (χ3v) is 3.43. The number of hydrogen-bond donors (Lipinski definition) is 2.